The van der Waals surface area contributed by atoms with Gasteiger partial charge in [0.1, 0.15) is 22.7 Å². The van der Waals surface area contributed by atoms with E-state index in [1.165, 1.54) is 6.07 Å². The van der Waals surface area contributed by atoms with Gasteiger partial charge in [0.05, 0.1) is 17.6 Å². The van der Waals surface area contributed by atoms with E-state index in [0.717, 1.165) is 9.86 Å². The van der Waals surface area contributed by atoms with Crippen LogP contribution in [0.4, 0.5) is 5.69 Å². The molecule has 0 saturated heterocycles. The van der Waals surface area contributed by atoms with Crippen molar-refractivity contribution in [1.29, 1.82) is 0 Å². The van der Waals surface area contributed by atoms with Gasteiger partial charge in [-0.2, -0.15) is 0 Å². The third-order valence-corrected chi connectivity index (χ3v) is 5.63. The summed E-state index contributed by atoms with van der Waals surface area (Å²) in [6.45, 7) is 2.38. The minimum Gasteiger partial charge on any atom is -0.493 e. The number of halogens is 1. The smallest absolute Gasteiger partial charge is 0.291 e. The quantitative estimate of drug-likeness (QED) is 0.291. The second kappa shape index (κ2) is 8.60. The molecule has 1 amide bonds. The molecule has 0 atom stereocenters. The highest BCUT2D eigenvalue weighted by Crippen LogP contribution is 2.31. The maximum Gasteiger partial charge on any atom is 0.291 e. The van der Waals surface area contributed by atoms with Gasteiger partial charge in [0.2, 0.25) is 0 Å². The number of anilines is 1. The van der Waals surface area contributed by atoms with Crippen LogP contribution in [0.5, 0.6) is 5.75 Å². The zero-order valence-electron chi connectivity index (χ0n) is 17.6. The topological polar surface area (TPSA) is 81.7 Å². The second-order valence-electron chi connectivity index (χ2n) is 7.36. The number of amides is 1. The molecule has 2 aromatic heterocycles. The first-order valence-corrected chi connectivity index (χ1v) is 11.1. The van der Waals surface area contributed by atoms with Gasteiger partial charge in [0.25, 0.3) is 5.91 Å². The highest BCUT2D eigenvalue weighted by Gasteiger charge is 2.15. The number of para-hydroxylation sites is 1. The lowest BCUT2D eigenvalue weighted by molar-refractivity contribution is 0.0998. The number of ether oxygens (including phenoxy) is 1. The van der Waals surface area contributed by atoms with E-state index in [4.69, 9.17) is 13.6 Å². The molecule has 0 bridgehead atoms. The number of rotatable bonds is 5. The van der Waals surface area contributed by atoms with Crippen LogP contribution >= 0.6 is 15.9 Å². The maximum absolute atomic E-state index is 12.8. The number of hydrogen-bond acceptors (Lipinski definition) is 5. The number of carbonyl (C=O) groups excluding carboxylic acids is 1. The number of furan rings is 1. The van der Waals surface area contributed by atoms with Crippen molar-refractivity contribution in [2.75, 3.05) is 11.9 Å². The molecule has 0 aliphatic rings. The molecule has 0 radical (unpaired) electrons. The molecule has 0 saturated carbocycles. The lowest BCUT2D eigenvalue weighted by atomic mass is 10.1. The van der Waals surface area contributed by atoms with Crippen LogP contribution in [0.3, 0.4) is 0 Å². The fraction of sp³-hybridized carbons (Fsp3) is 0.0769. The van der Waals surface area contributed by atoms with Gasteiger partial charge in [-0.05, 0) is 55.5 Å². The average molecular weight is 504 g/mol. The standard InChI is InChI=1S/C26H18BrNO5/c1-2-31-22-6-4-3-5-19(22)24-14-20(29)18-9-8-17(13-23(18)33-24)28-26(30)25-12-15-11-16(27)7-10-21(15)32-25/h3-14H,2H2,1H3,(H,28,30). The Morgan fingerprint density at radius 2 is 1.82 bits per heavy atom. The molecular formula is C26H18BrNO5. The molecule has 0 spiro atoms. The van der Waals surface area contributed by atoms with E-state index in [1.807, 2.05) is 43.3 Å². The molecule has 0 aliphatic carbocycles. The van der Waals surface area contributed by atoms with Crippen LogP contribution in [0.25, 0.3) is 33.3 Å². The molecule has 0 aliphatic heterocycles. The highest BCUT2D eigenvalue weighted by molar-refractivity contribution is 9.10. The number of fused-ring (bicyclic) bond motifs is 2. The summed E-state index contributed by atoms with van der Waals surface area (Å²) in [5.74, 6) is 0.803. The minimum absolute atomic E-state index is 0.182. The predicted octanol–water partition coefficient (Wildman–Crippen LogP) is 6.62. The summed E-state index contributed by atoms with van der Waals surface area (Å²) >= 11 is 3.41. The van der Waals surface area contributed by atoms with Crippen LogP contribution in [0, 0.1) is 0 Å². The van der Waals surface area contributed by atoms with Crippen LogP contribution in [0.1, 0.15) is 17.5 Å². The summed E-state index contributed by atoms with van der Waals surface area (Å²) in [5, 5.41) is 4.04. The van der Waals surface area contributed by atoms with Crippen molar-refractivity contribution in [3.05, 3.63) is 93.3 Å². The highest BCUT2D eigenvalue weighted by atomic mass is 79.9. The number of benzene rings is 3. The molecule has 5 rings (SSSR count). The van der Waals surface area contributed by atoms with Crippen LogP contribution in [-0.2, 0) is 0 Å². The predicted molar refractivity (Wildman–Crippen MR) is 131 cm³/mol. The molecule has 3 aromatic carbocycles. The van der Waals surface area contributed by atoms with E-state index in [1.54, 1.807) is 30.3 Å². The summed E-state index contributed by atoms with van der Waals surface area (Å²) in [6.07, 6.45) is 0. The van der Waals surface area contributed by atoms with Gasteiger partial charge >= 0.3 is 0 Å². The Hall–Kier alpha value is -3.84. The third-order valence-electron chi connectivity index (χ3n) is 5.14. The fourth-order valence-electron chi connectivity index (χ4n) is 3.64. The monoisotopic (exact) mass is 503 g/mol. The SMILES string of the molecule is CCOc1ccccc1-c1cc(=O)c2ccc(NC(=O)c3cc4cc(Br)ccc4o3)cc2o1. The van der Waals surface area contributed by atoms with Crippen molar-refractivity contribution in [2.45, 2.75) is 6.92 Å². The van der Waals surface area contributed by atoms with Crippen molar-refractivity contribution < 1.29 is 18.4 Å². The van der Waals surface area contributed by atoms with Gasteiger partial charge in [-0.1, -0.05) is 28.1 Å². The van der Waals surface area contributed by atoms with Gasteiger partial charge in [-0.25, -0.2) is 0 Å². The molecule has 0 unspecified atom stereocenters. The van der Waals surface area contributed by atoms with E-state index in [-0.39, 0.29) is 11.2 Å². The van der Waals surface area contributed by atoms with E-state index in [2.05, 4.69) is 21.2 Å². The van der Waals surface area contributed by atoms with Crippen LogP contribution < -0.4 is 15.5 Å². The first-order valence-electron chi connectivity index (χ1n) is 10.3. The fourth-order valence-corrected chi connectivity index (χ4v) is 4.01. The lowest BCUT2D eigenvalue weighted by Gasteiger charge is -2.10. The molecule has 2 heterocycles. The zero-order valence-corrected chi connectivity index (χ0v) is 19.1. The zero-order chi connectivity index (χ0) is 22.9. The maximum atomic E-state index is 12.8. The van der Waals surface area contributed by atoms with Gasteiger partial charge in [0.15, 0.2) is 11.2 Å². The molecule has 7 heteroatoms. The summed E-state index contributed by atoms with van der Waals surface area (Å²) < 4.78 is 18.3. The van der Waals surface area contributed by atoms with Crippen molar-refractivity contribution in [2.24, 2.45) is 0 Å². The normalized spacial score (nSPS) is 11.1. The molecule has 5 aromatic rings. The van der Waals surface area contributed by atoms with E-state index < -0.39 is 5.91 Å². The lowest BCUT2D eigenvalue weighted by Crippen LogP contribution is -2.11. The molecule has 0 fully saturated rings. The Bertz CT molecular complexity index is 1570. The summed E-state index contributed by atoms with van der Waals surface area (Å²) in [4.78, 5) is 25.5. The average Bonchev–Trinajstić information content (AvgIpc) is 3.23. The first-order chi connectivity index (χ1) is 16.0. The van der Waals surface area contributed by atoms with Gasteiger partial charge < -0.3 is 18.9 Å². The second-order valence-corrected chi connectivity index (χ2v) is 8.28. The van der Waals surface area contributed by atoms with Crippen LogP contribution in [-0.4, -0.2) is 12.5 Å². The molecule has 33 heavy (non-hydrogen) atoms. The summed E-state index contributed by atoms with van der Waals surface area (Å²) in [6, 6.07) is 20.9. The van der Waals surface area contributed by atoms with Gasteiger partial charge in [-0.3, -0.25) is 9.59 Å². The van der Waals surface area contributed by atoms with Crippen LogP contribution in [0.2, 0.25) is 0 Å². The van der Waals surface area contributed by atoms with Crippen molar-refractivity contribution in [3.63, 3.8) is 0 Å². The first kappa shape index (κ1) is 21.0. The summed E-state index contributed by atoms with van der Waals surface area (Å²) in [7, 11) is 0. The Morgan fingerprint density at radius 3 is 2.67 bits per heavy atom. The Balaban J connectivity index is 1.49. The third kappa shape index (κ3) is 4.15. The summed E-state index contributed by atoms with van der Waals surface area (Å²) in [5.41, 5.74) is 1.95. The Labute approximate surface area is 196 Å². The molecule has 1 N–H and O–H groups in total. The number of nitrogens with one attached hydrogen (secondary N) is 1. The molecular weight excluding hydrogens is 486 g/mol. The minimum atomic E-state index is -0.401. The van der Waals surface area contributed by atoms with Gasteiger partial charge in [-0.15, -0.1) is 0 Å². The van der Waals surface area contributed by atoms with Crippen molar-refractivity contribution >= 4 is 49.5 Å². The largest absolute Gasteiger partial charge is 0.493 e. The Morgan fingerprint density at radius 1 is 0.970 bits per heavy atom. The van der Waals surface area contributed by atoms with Crippen molar-refractivity contribution in [3.8, 4) is 17.1 Å². The van der Waals surface area contributed by atoms with Gasteiger partial charge in [0, 0.05) is 27.7 Å². The molecule has 6 nitrogen and oxygen atoms in total. The number of carbonyl (C=O) groups is 1. The van der Waals surface area contributed by atoms with E-state index in [0.29, 0.717) is 45.9 Å². The number of hydrogen-bond donors (Lipinski definition) is 1. The molecule has 164 valence electrons. The van der Waals surface area contributed by atoms with Crippen LogP contribution in [0.15, 0.2) is 90.9 Å². The van der Waals surface area contributed by atoms with E-state index >= 15 is 0 Å². The Kier molecular flexibility index (Phi) is 5.48. The van der Waals surface area contributed by atoms with E-state index in [9.17, 15) is 9.59 Å². The van der Waals surface area contributed by atoms with Crippen molar-refractivity contribution in [1.82, 2.24) is 0 Å².